The van der Waals surface area contributed by atoms with Crippen LogP contribution in [0.3, 0.4) is 0 Å². The largest absolute Gasteiger partial charge is 0.489 e. The van der Waals surface area contributed by atoms with E-state index in [4.69, 9.17) is 4.74 Å². The van der Waals surface area contributed by atoms with Crippen molar-refractivity contribution in [3.8, 4) is 5.75 Å². The van der Waals surface area contributed by atoms with Crippen LogP contribution in [-0.4, -0.2) is 30.4 Å². The molecule has 3 nitrogen and oxygen atoms in total. The molecule has 1 saturated heterocycles. The smallest absolute Gasteiger partial charge is 0.165 e. The molecule has 1 aliphatic heterocycles. The first-order valence-electron chi connectivity index (χ1n) is 6.01. The van der Waals surface area contributed by atoms with Gasteiger partial charge in [-0.15, -0.1) is 0 Å². The van der Waals surface area contributed by atoms with Crippen molar-refractivity contribution in [2.45, 2.75) is 31.9 Å². The molecule has 0 amide bonds. The van der Waals surface area contributed by atoms with Crippen LogP contribution in [0.4, 0.5) is 4.39 Å². The van der Waals surface area contributed by atoms with Gasteiger partial charge >= 0.3 is 0 Å². The number of β-amino-alcohol motifs (C(OH)–C–C–N with tert-alkyl or cyclic N) is 1. The summed E-state index contributed by atoms with van der Waals surface area (Å²) < 4.78 is 19.0. The van der Waals surface area contributed by atoms with Crippen LogP contribution in [0, 0.1) is 5.82 Å². The highest BCUT2D eigenvalue weighted by molar-refractivity contribution is 5.29. The molecule has 2 atom stereocenters. The predicted molar refractivity (Wildman–Crippen MR) is 63.7 cm³/mol. The Labute approximate surface area is 101 Å². The van der Waals surface area contributed by atoms with Crippen LogP contribution >= 0.6 is 0 Å². The van der Waals surface area contributed by atoms with Gasteiger partial charge in [-0.1, -0.05) is 13.0 Å². The number of aliphatic hydroxyl groups excluding tert-OH is 1. The molecule has 4 heteroatoms. The van der Waals surface area contributed by atoms with Gasteiger partial charge in [0.05, 0.1) is 6.10 Å². The minimum atomic E-state index is -0.317. The van der Waals surface area contributed by atoms with Gasteiger partial charge in [-0.05, 0) is 30.5 Å². The maximum absolute atomic E-state index is 13.6. The maximum atomic E-state index is 13.6. The normalized spacial score (nSPS) is 23.9. The molecule has 17 heavy (non-hydrogen) atoms. The Bertz CT molecular complexity index is 384. The minimum Gasteiger partial charge on any atom is -0.489 e. The quantitative estimate of drug-likeness (QED) is 0.836. The number of nitrogens with one attached hydrogen (secondary N) is 1. The monoisotopic (exact) mass is 239 g/mol. The van der Waals surface area contributed by atoms with E-state index in [0.717, 1.165) is 12.0 Å². The molecule has 1 aromatic carbocycles. The second kappa shape index (κ2) is 5.47. The third-order valence-electron chi connectivity index (χ3n) is 3.04. The van der Waals surface area contributed by atoms with Gasteiger partial charge in [-0.25, -0.2) is 4.39 Å². The van der Waals surface area contributed by atoms with Crippen LogP contribution in [-0.2, 0) is 6.42 Å². The van der Waals surface area contributed by atoms with Crippen molar-refractivity contribution in [2.24, 2.45) is 0 Å². The minimum absolute atomic E-state index is 0.107. The standard InChI is InChI=1S/C13H18FNO2/c1-2-9-3-4-13(12(14)5-9)17-8-10-6-11(16)7-15-10/h3-5,10-11,15-16H,2,6-8H2,1H3/t10?,11-/m1/s1. The number of hydrogen-bond donors (Lipinski definition) is 2. The highest BCUT2D eigenvalue weighted by Crippen LogP contribution is 2.19. The van der Waals surface area contributed by atoms with Crippen LogP contribution in [0.2, 0.25) is 0 Å². The van der Waals surface area contributed by atoms with Crippen molar-refractivity contribution < 1.29 is 14.2 Å². The third kappa shape index (κ3) is 3.17. The lowest BCUT2D eigenvalue weighted by Gasteiger charge is -2.13. The molecular weight excluding hydrogens is 221 g/mol. The van der Waals surface area contributed by atoms with Crippen LogP contribution in [0.15, 0.2) is 18.2 Å². The van der Waals surface area contributed by atoms with Gasteiger partial charge in [0.2, 0.25) is 0 Å². The first kappa shape index (κ1) is 12.3. The van der Waals surface area contributed by atoms with Crippen LogP contribution in [0.25, 0.3) is 0 Å². The molecule has 0 saturated carbocycles. The molecule has 2 N–H and O–H groups in total. The molecular formula is C13H18FNO2. The first-order chi connectivity index (χ1) is 8.19. The molecule has 1 unspecified atom stereocenters. The number of benzene rings is 1. The van der Waals surface area contributed by atoms with Crippen molar-refractivity contribution in [2.75, 3.05) is 13.2 Å². The van der Waals surface area contributed by atoms with E-state index in [-0.39, 0.29) is 23.7 Å². The van der Waals surface area contributed by atoms with Gasteiger partial charge in [0.25, 0.3) is 0 Å². The summed E-state index contributed by atoms with van der Waals surface area (Å²) >= 11 is 0. The van der Waals surface area contributed by atoms with Crippen molar-refractivity contribution in [1.82, 2.24) is 5.32 Å². The lowest BCUT2D eigenvalue weighted by Crippen LogP contribution is -2.28. The second-order valence-electron chi connectivity index (χ2n) is 4.42. The van der Waals surface area contributed by atoms with E-state index in [1.54, 1.807) is 6.07 Å². The Morgan fingerprint density at radius 1 is 1.53 bits per heavy atom. The van der Waals surface area contributed by atoms with Gasteiger partial charge < -0.3 is 15.2 Å². The zero-order chi connectivity index (χ0) is 12.3. The van der Waals surface area contributed by atoms with E-state index in [2.05, 4.69) is 5.32 Å². The molecule has 0 aromatic heterocycles. The fourth-order valence-corrected chi connectivity index (χ4v) is 2.00. The van der Waals surface area contributed by atoms with E-state index < -0.39 is 0 Å². The molecule has 0 spiro atoms. The molecule has 0 aliphatic carbocycles. The summed E-state index contributed by atoms with van der Waals surface area (Å²) in [6.45, 7) is 2.96. The lowest BCUT2D eigenvalue weighted by atomic mass is 10.1. The SMILES string of the molecule is CCc1ccc(OCC2C[C@@H](O)CN2)c(F)c1. The molecule has 1 fully saturated rings. The summed E-state index contributed by atoms with van der Waals surface area (Å²) in [5.41, 5.74) is 0.962. The Kier molecular flexibility index (Phi) is 3.97. The summed E-state index contributed by atoms with van der Waals surface area (Å²) in [4.78, 5) is 0. The van der Waals surface area contributed by atoms with E-state index in [0.29, 0.717) is 19.6 Å². The Hall–Kier alpha value is -1.13. The highest BCUT2D eigenvalue weighted by atomic mass is 19.1. The zero-order valence-corrected chi connectivity index (χ0v) is 9.95. The summed E-state index contributed by atoms with van der Waals surface area (Å²) in [6.07, 6.45) is 1.17. The summed E-state index contributed by atoms with van der Waals surface area (Å²) in [5.74, 6) is -0.0340. The Balaban J connectivity index is 1.90. The fraction of sp³-hybridized carbons (Fsp3) is 0.538. The molecule has 0 radical (unpaired) electrons. The Morgan fingerprint density at radius 2 is 2.35 bits per heavy atom. The number of aliphatic hydroxyl groups is 1. The second-order valence-corrected chi connectivity index (χ2v) is 4.42. The van der Waals surface area contributed by atoms with E-state index in [9.17, 15) is 9.50 Å². The maximum Gasteiger partial charge on any atom is 0.165 e. The Morgan fingerprint density at radius 3 is 2.94 bits per heavy atom. The van der Waals surface area contributed by atoms with Crippen LogP contribution in [0.5, 0.6) is 5.75 Å². The molecule has 1 aromatic rings. The number of rotatable bonds is 4. The fourth-order valence-electron chi connectivity index (χ4n) is 2.00. The third-order valence-corrected chi connectivity index (χ3v) is 3.04. The van der Waals surface area contributed by atoms with Crippen molar-refractivity contribution >= 4 is 0 Å². The van der Waals surface area contributed by atoms with Crippen LogP contribution < -0.4 is 10.1 Å². The van der Waals surface area contributed by atoms with Gasteiger partial charge in [0.1, 0.15) is 6.61 Å². The average Bonchev–Trinajstić information content (AvgIpc) is 2.73. The van der Waals surface area contributed by atoms with Gasteiger partial charge in [-0.3, -0.25) is 0 Å². The number of aryl methyl sites for hydroxylation is 1. The van der Waals surface area contributed by atoms with Gasteiger partial charge in [0.15, 0.2) is 11.6 Å². The van der Waals surface area contributed by atoms with Crippen molar-refractivity contribution in [3.63, 3.8) is 0 Å². The van der Waals surface area contributed by atoms with Crippen LogP contribution in [0.1, 0.15) is 18.9 Å². The first-order valence-corrected chi connectivity index (χ1v) is 6.01. The highest BCUT2D eigenvalue weighted by Gasteiger charge is 2.22. The topological polar surface area (TPSA) is 41.5 Å². The van der Waals surface area contributed by atoms with E-state index in [1.165, 1.54) is 6.07 Å². The van der Waals surface area contributed by atoms with Gasteiger partial charge in [0, 0.05) is 12.6 Å². The van der Waals surface area contributed by atoms with Crippen molar-refractivity contribution in [1.29, 1.82) is 0 Å². The predicted octanol–water partition coefficient (Wildman–Crippen LogP) is 1.49. The zero-order valence-electron chi connectivity index (χ0n) is 9.95. The summed E-state index contributed by atoms with van der Waals surface area (Å²) in [5, 5.41) is 12.4. The summed E-state index contributed by atoms with van der Waals surface area (Å²) in [7, 11) is 0. The summed E-state index contributed by atoms with van der Waals surface area (Å²) in [6, 6.07) is 5.15. The van der Waals surface area contributed by atoms with Crippen molar-refractivity contribution in [3.05, 3.63) is 29.6 Å². The molecule has 94 valence electrons. The molecule has 2 rings (SSSR count). The number of hydrogen-bond acceptors (Lipinski definition) is 3. The average molecular weight is 239 g/mol. The molecule has 0 bridgehead atoms. The van der Waals surface area contributed by atoms with E-state index >= 15 is 0 Å². The lowest BCUT2D eigenvalue weighted by molar-refractivity contribution is 0.186. The molecule has 1 heterocycles. The van der Waals surface area contributed by atoms with Gasteiger partial charge in [-0.2, -0.15) is 0 Å². The number of halogens is 1. The molecule has 1 aliphatic rings. The number of ether oxygens (including phenoxy) is 1. The van der Waals surface area contributed by atoms with E-state index in [1.807, 2.05) is 13.0 Å².